The van der Waals surface area contributed by atoms with E-state index < -0.39 is 0 Å². The molecule has 102 valence electrons. The molecule has 3 aromatic rings. The normalized spacial score (nSPS) is 10.3. The van der Waals surface area contributed by atoms with Gasteiger partial charge >= 0.3 is 0 Å². The maximum Gasteiger partial charge on any atom is 0.206 e. The van der Waals surface area contributed by atoms with Crippen LogP contribution in [0.5, 0.6) is 0 Å². The predicted octanol–water partition coefficient (Wildman–Crippen LogP) is 3.02. The lowest BCUT2D eigenvalue weighted by Gasteiger charge is -2.00. The maximum absolute atomic E-state index is 8.78. The molecule has 1 heterocycles. The molecule has 0 unspecified atom stereocenters. The largest absolute Gasteiger partial charge is 0.206 e. The van der Waals surface area contributed by atoms with E-state index in [4.69, 9.17) is 5.26 Å². The zero-order chi connectivity index (χ0) is 14.7. The first kappa shape index (κ1) is 13.5. The molecule has 0 atom stereocenters. The van der Waals surface area contributed by atoms with E-state index in [1.54, 1.807) is 12.1 Å². The standard InChI is InChI=1S/C15H10BrN5/c16-14-4-2-1-3-13(14)15-18-20-21(19-15)10-12-7-5-11(9-17)6-8-12/h1-8H,10H2. The van der Waals surface area contributed by atoms with Gasteiger partial charge in [-0.05, 0) is 35.0 Å². The second kappa shape index (κ2) is 5.85. The zero-order valence-electron chi connectivity index (χ0n) is 10.9. The number of nitrogens with zero attached hydrogens (tertiary/aromatic N) is 5. The first-order chi connectivity index (χ1) is 10.3. The molecule has 6 heteroatoms. The molecule has 0 saturated carbocycles. The van der Waals surface area contributed by atoms with Crippen LogP contribution in [0.3, 0.4) is 0 Å². The van der Waals surface area contributed by atoms with Gasteiger partial charge in [-0.3, -0.25) is 0 Å². The Bertz CT molecular complexity index is 801. The van der Waals surface area contributed by atoms with Crippen molar-refractivity contribution in [3.63, 3.8) is 0 Å². The SMILES string of the molecule is N#Cc1ccc(Cn2nnc(-c3ccccc3Br)n2)cc1. The molecule has 0 aliphatic carbocycles. The predicted molar refractivity (Wildman–Crippen MR) is 81.2 cm³/mol. The van der Waals surface area contributed by atoms with E-state index in [2.05, 4.69) is 37.4 Å². The Hall–Kier alpha value is -2.52. The van der Waals surface area contributed by atoms with Crippen LogP contribution in [-0.4, -0.2) is 20.2 Å². The van der Waals surface area contributed by atoms with E-state index in [1.165, 1.54) is 4.80 Å². The van der Waals surface area contributed by atoms with Crippen molar-refractivity contribution in [2.75, 3.05) is 0 Å². The van der Waals surface area contributed by atoms with Crippen LogP contribution in [0.4, 0.5) is 0 Å². The Labute approximate surface area is 130 Å². The highest BCUT2D eigenvalue weighted by Crippen LogP contribution is 2.24. The van der Waals surface area contributed by atoms with Crippen molar-refractivity contribution in [3.05, 3.63) is 64.1 Å². The molecule has 5 nitrogen and oxygen atoms in total. The lowest BCUT2D eigenvalue weighted by atomic mass is 10.1. The van der Waals surface area contributed by atoms with Crippen molar-refractivity contribution in [3.8, 4) is 17.5 Å². The average molecular weight is 340 g/mol. The molecule has 2 aromatic carbocycles. The topological polar surface area (TPSA) is 67.4 Å². The Morgan fingerprint density at radius 2 is 1.86 bits per heavy atom. The second-order valence-electron chi connectivity index (χ2n) is 4.43. The molecule has 0 N–H and O–H groups in total. The number of hydrogen-bond donors (Lipinski definition) is 0. The molecule has 21 heavy (non-hydrogen) atoms. The summed E-state index contributed by atoms with van der Waals surface area (Å²) in [6.45, 7) is 0.517. The van der Waals surface area contributed by atoms with Crippen molar-refractivity contribution in [1.29, 1.82) is 5.26 Å². The summed E-state index contributed by atoms with van der Waals surface area (Å²) in [6, 6.07) is 17.2. The summed E-state index contributed by atoms with van der Waals surface area (Å²) in [6.07, 6.45) is 0. The minimum absolute atomic E-state index is 0.517. The molecule has 3 rings (SSSR count). The lowest BCUT2D eigenvalue weighted by Crippen LogP contribution is -2.04. The molecule has 0 saturated heterocycles. The lowest BCUT2D eigenvalue weighted by molar-refractivity contribution is 0.573. The van der Waals surface area contributed by atoms with Gasteiger partial charge in [0.25, 0.3) is 0 Å². The minimum Gasteiger partial charge on any atom is -0.192 e. The van der Waals surface area contributed by atoms with Crippen LogP contribution in [0.1, 0.15) is 11.1 Å². The monoisotopic (exact) mass is 339 g/mol. The summed E-state index contributed by atoms with van der Waals surface area (Å²) in [5.74, 6) is 0.580. The smallest absolute Gasteiger partial charge is 0.192 e. The van der Waals surface area contributed by atoms with Gasteiger partial charge in [-0.2, -0.15) is 10.1 Å². The van der Waals surface area contributed by atoms with Crippen molar-refractivity contribution in [2.24, 2.45) is 0 Å². The third-order valence-electron chi connectivity index (χ3n) is 2.97. The third-order valence-corrected chi connectivity index (χ3v) is 3.67. The van der Waals surface area contributed by atoms with Crippen LogP contribution in [0.25, 0.3) is 11.4 Å². The second-order valence-corrected chi connectivity index (χ2v) is 5.29. The van der Waals surface area contributed by atoms with E-state index in [9.17, 15) is 0 Å². The number of halogens is 1. The van der Waals surface area contributed by atoms with E-state index in [0.29, 0.717) is 17.9 Å². The Balaban J connectivity index is 1.82. The van der Waals surface area contributed by atoms with Crippen molar-refractivity contribution < 1.29 is 0 Å². The number of rotatable bonds is 3. The quantitative estimate of drug-likeness (QED) is 0.735. The van der Waals surface area contributed by atoms with Crippen LogP contribution in [0.15, 0.2) is 53.0 Å². The molecule has 1 aromatic heterocycles. The molecule has 0 radical (unpaired) electrons. The van der Waals surface area contributed by atoms with Crippen LogP contribution < -0.4 is 0 Å². The van der Waals surface area contributed by atoms with Crippen molar-refractivity contribution >= 4 is 15.9 Å². The van der Waals surface area contributed by atoms with Gasteiger partial charge in [0.15, 0.2) is 0 Å². The van der Waals surface area contributed by atoms with Gasteiger partial charge in [0.2, 0.25) is 5.82 Å². The first-order valence-corrected chi connectivity index (χ1v) is 7.07. The Kier molecular flexibility index (Phi) is 3.75. The summed E-state index contributed by atoms with van der Waals surface area (Å²) in [4.78, 5) is 1.54. The maximum atomic E-state index is 8.78. The molecule has 0 bridgehead atoms. The van der Waals surface area contributed by atoms with Gasteiger partial charge in [-0.15, -0.1) is 10.2 Å². The molecule has 0 spiro atoms. The van der Waals surface area contributed by atoms with Crippen LogP contribution in [0.2, 0.25) is 0 Å². The summed E-state index contributed by atoms with van der Waals surface area (Å²) >= 11 is 3.48. The van der Waals surface area contributed by atoms with E-state index in [0.717, 1.165) is 15.6 Å². The molecular formula is C15H10BrN5. The summed E-state index contributed by atoms with van der Waals surface area (Å²) in [7, 11) is 0. The fourth-order valence-electron chi connectivity index (χ4n) is 1.91. The van der Waals surface area contributed by atoms with E-state index >= 15 is 0 Å². The number of nitriles is 1. The fourth-order valence-corrected chi connectivity index (χ4v) is 2.37. The van der Waals surface area contributed by atoms with Gasteiger partial charge in [-0.25, -0.2) is 0 Å². The van der Waals surface area contributed by atoms with E-state index in [-0.39, 0.29) is 0 Å². The fraction of sp³-hybridized carbons (Fsp3) is 0.0667. The summed E-state index contributed by atoms with van der Waals surface area (Å²) in [5.41, 5.74) is 2.56. The Morgan fingerprint density at radius 1 is 1.10 bits per heavy atom. The number of benzene rings is 2. The highest BCUT2D eigenvalue weighted by atomic mass is 79.9. The molecule has 0 aliphatic rings. The molecule has 0 amide bonds. The van der Waals surface area contributed by atoms with Gasteiger partial charge in [0.05, 0.1) is 18.2 Å². The Morgan fingerprint density at radius 3 is 2.57 bits per heavy atom. The number of hydrogen-bond acceptors (Lipinski definition) is 4. The van der Waals surface area contributed by atoms with Gasteiger partial charge in [-0.1, -0.05) is 40.2 Å². The zero-order valence-corrected chi connectivity index (χ0v) is 12.5. The summed E-state index contributed by atoms with van der Waals surface area (Å²) in [5, 5.41) is 21.3. The van der Waals surface area contributed by atoms with Crippen LogP contribution >= 0.6 is 15.9 Å². The average Bonchev–Trinajstić information content (AvgIpc) is 2.97. The van der Waals surface area contributed by atoms with E-state index in [1.807, 2.05) is 36.4 Å². The molecular weight excluding hydrogens is 330 g/mol. The van der Waals surface area contributed by atoms with Gasteiger partial charge < -0.3 is 0 Å². The molecule has 0 fully saturated rings. The first-order valence-electron chi connectivity index (χ1n) is 6.28. The summed E-state index contributed by atoms with van der Waals surface area (Å²) < 4.78 is 0.933. The van der Waals surface area contributed by atoms with Crippen LogP contribution in [0, 0.1) is 11.3 Å². The highest BCUT2D eigenvalue weighted by Gasteiger charge is 2.09. The van der Waals surface area contributed by atoms with Gasteiger partial charge in [0.1, 0.15) is 0 Å². The van der Waals surface area contributed by atoms with Crippen molar-refractivity contribution in [2.45, 2.75) is 6.54 Å². The highest BCUT2D eigenvalue weighted by molar-refractivity contribution is 9.10. The number of aromatic nitrogens is 4. The van der Waals surface area contributed by atoms with Crippen molar-refractivity contribution in [1.82, 2.24) is 20.2 Å². The minimum atomic E-state index is 0.517. The molecule has 0 aliphatic heterocycles. The van der Waals surface area contributed by atoms with Gasteiger partial charge in [0, 0.05) is 10.0 Å². The van der Waals surface area contributed by atoms with Crippen LogP contribution in [-0.2, 0) is 6.54 Å². The number of tetrazole rings is 1. The third kappa shape index (κ3) is 2.98.